The lowest BCUT2D eigenvalue weighted by Gasteiger charge is -2.31. The fourth-order valence-corrected chi connectivity index (χ4v) is 1.91. The van der Waals surface area contributed by atoms with E-state index in [0.29, 0.717) is 12.2 Å². The van der Waals surface area contributed by atoms with Crippen LogP contribution in [0.15, 0.2) is 30.3 Å². The van der Waals surface area contributed by atoms with E-state index in [1.165, 1.54) is 41.3 Å². The minimum atomic E-state index is -1.09. The highest BCUT2D eigenvalue weighted by atomic mass is 19.1. The molecule has 1 N–H and O–H groups in total. The third-order valence-electron chi connectivity index (χ3n) is 2.98. The maximum Gasteiger partial charge on any atom is 0.328 e. The Balaban J connectivity index is 2.06. The smallest absolute Gasteiger partial charge is 0.328 e. The Labute approximate surface area is 115 Å². The Morgan fingerprint density at radius 2 is 2.05 bits per heavy atom. The molecule has 0 saturated carbocycles. The lowest BCUT2D eigenvalue weighted by molar-refractivity contribution is -0.156. The fourth-order valence-electron chi connectivity index (χ4n) is 1.91. The summed E-state index contributed by atoms with van der Waals surface area (Å²) in [4.78, 5) is 24.3. The van der Waals surface area contributed by atoms with Gasteiger partial charge in [0.25, 0.3) is 0 Å². The molecule has 1 saturated heterocycles. The first kappa shape index (κ1) is 14.2. The maximum atomic E-state index is 12.7. The van der Waals surface area contributed by atoms with Crippen molar-refractivity contribution in [2.75, 3.05) is 19.8 Å². The Bertz CT molecular complexity index is 526. The van der Waals surface area contributed by atoms with Crippen molar-refractivity contribution in [3.05, 3.63) is 41.7 Å². The summed E-state index contributed by atoms with van der Waals surface area (Å²) in [5.41, 5.74) is 0.667. The number of benzene rings is 1. The lowest BCUT2D eigenvalue weighted by atomic mass is 10.2. The van der Waals surface area contributed by atoms with E-state index in [4.69, 9.17) is 9.84 Å². The zero-order valence-corrected chi connectivity index (χ0v) is 10.7. The van der Waals surface area contributed by atoms with Crippen LogP contribution in [0.1, 0.15) is 5.56 Å². The molecule has 0 aromatic heterocycles. The summed E-state index contributed by atoms with van der Waals surface area (Å²) in [6.45, 7) is 0.551. The molecule has 0 bridgehead atoms. The van der Waals surface area contributed by atoms with E-state index in [-0.39, 0.29) is 19.0 Å². The van der Waals surface area contributed by atoms with Crippen molar-refractivity contribution in [1.29, 1.82) is 0 Å². The van der Waals surface area contributed by atoms with Gasteiger partial charge in [-0.3, -0.25) is 4.79 Å². The second-order valence-corrected chi connectivity index (χ2v) is 4.35. The van der Waals surface area contributed by atoms with Gasteiger partial charge in [-0.2, -0.15) is 0 Å². The first-order valence-corrected chi connectivity index (χ1v) is 6.13. The molecule has 1 atom stereocenters. The van der Waals surface area contributed by atoms with E-state index in [1.807, 2.05) is 0 Å². The Morgan fingerprint density at radius 3 is 2.70 bits per heavy atom. The van der Waals surface area contributed by atoms with Gasteiger partial charge in [0.05, 0.1) is 13.2 Å². The van der Waals surface area contributed by atoms with E-state index < -0.39 is 17.9 Å². The van der Waals surface area contributed by atoms with Crippen molar-refractivity contribution in [2.24, 2.45) is 0 Å². The molecule has 1 aromatic carbocycles. The number of morpholine rings is 1. The van der Waals surface area contributed by atoms with Crippen molar-refractivity contribution in [1.82, 2.24) is 4.90 Å². The second kappa shape index (κ2) is 6.29. The van der Waals surface area contributed by atoms with Crippen LogP contribution in [0, 0.1) is 5.82 Å². The van der Waals surface area contributed by atoms with Crippen molar-refractivity contribution < 1.29 is 23.8 Å². The number of ether oxygens (including phenoxy) is 1. The Hall–Kier alpha value is -2.21. The van der Waals surface area contributed by atoms with Gasteiger partial charge in [0, 0.05) is 12.6 Å². The Morgan fingerprint density at radius 1 is 1.35 bits per heavy atom. The summed E-state index contributed by atoms with van der Waals surface area (Å²) in [7, 11) is 0. The predicted molar refractivity (Wildman–Crippen MR) is 69.4 cm³/mol. The molecule has 5 nitrogen and oxygen atoms in total. The van der Waals surface area contributed by atoms with Gasteiger partial charge in [-0.25, -0.2) is 9.18 Å². The molecule has 20 heavy (non-hydrogen) atoms. The Kier molecular flexibility index (Phi) is 4.47. The van der Waals surface area contributed by atoms with Crippen LogP contribution >= 0.6 is 0 Å². The van der Waals surface area contributed by atoms with Crippen LogP contribution in [0.5, 0.6) is 0 Å². The molecular weight excluding hydrogens is 265 g/mol. The maximum absolute atomic E-state index is 12.7. The number of hydrogen-bond acceptors (Lipinski definition) is 3. The number of carbonyl (C=O) groups is 2. The molecule has 1 unspecified atom stereocenters. The molecule has 1 aliphatic heterocycles. The number of rotatable bonds is 3. The number of carbonyl (C=O) groups excluding carboxylic acids is 1. The summed E-state index contributed by atoms with van der Waals surface area (Å²) in [5.74, 6) is -1.84. The topological polar surface area (TPSA) is 66.8 Å². The quantitative estimate of drug-likeness (QED) is 0.843. The van der Waals surface area contributed by atoms with E-state index in [0.717, 1.165) is 0 Å². The van der Waals surface area contributed by atoms with E-state index in [2.05, 4.69) is 0 Å². The normalized spacial score (nSPS) is 19.2. The van der Waals surface area contributed by atoms with E-state index in [9.17, 15) is 14.0 Å². The van der Waals surface area contributed by atoms with Gasteiger partial charge in [-0.1, -0.05) is 12.1 Å². The van der Waals surface area contributed by atoms with Crippen molar-refractivity contribution >= 4 is 18.0 Å². The van der Waals surface area contributed by atoms with Gasteiger partial charge >= 0.3 is 5.97 Å². The predicted octanol–water partition coefficient (Wildman–Crippen LogP) is 1.15. The van der Waals surface area contributed by atoms with Crippen LogP contribution in [0.3, 0.4) is 0 Å². The number of aliphatic carboxylic acids is 1. The minimum absolute atomic E-state index is 0.00847. The minimum Gasteiger partial charge on any atom is -0.480 e. The molecular formula is C14H14FNO4. The van der Waals surface area contributed by atoms with Gasteiger partial charge in [-0.05, 0) is 23.8 Å². The number of hydrogen-bond donors (Lipinski definition) is 1. The first-order valence-electron chi connectivity index (χ1n) is 6.13. The van der Waals surface area contributed by atoms with Crippen LogP contribution in [0.25, 0.3) is 6.08 Å². The number of nitrogens with zero attached hydrogens (tertiary/aromatic N) is 1. The van der Waals surface area contributed by atoms with Crippen molar-refractivity contribution in [2.45, 2.75) is 6.04 Å². The monoisotopic (exact) mass is 279 g/mol. The zero-order valence-electron chi connectivity index (χ0n) is 10.7. The van der Waals surface area contributed by atoms with E-state index >= 15 is 0 Å². The van der Waals surface area contributed by atoms with Crippen LogP contribution in [-0.4, -0.2) is 47.7 Å². The standard InChI is InChI=1S/C14H14FNO4/c15-11-4-1-10(2-5-11)3-6-13(17)16-7-8-20-9-12(16)14(18)19/h1-6,12H,7-9H2,(H,18,19)/b6-3+. The van der Waals surface area contributed by atoms with Crippen molar-refractivity contribution in [3.63, 3.8) is 0 Å². The average Bonchev–Trinajstić information content (AvgIpc) is 2.46. The van der Waals surface area contributed by atoms with Gasteiger partial charge in [0.15, 0.2) is 6.04 Å². The second-order valence-electron chi connectivity index (χ2n) is 4.35. The van der Waals surface area contributed by atoms with Crippen LogP contribution in [0.2, 0.25) is 0 Å². The SMILES string of the molecule is O=C(O)C1COCCN1C(=O)/C=C/c1ccc(F)cc1. The third-order valence-corrected chi connectivity index (χ3v) is 2.98. The summed E-state index contributed by atoms with van der Waals surface area (Å²) in [5, 5.41) is 9.03. The molecule has 1 fully saturated rings. The highest BCUT2D eigenvalue weighted by Gasteiger charge is 2.31. The zero-order chi connectivity index (χ0) is 14.5. The molecule has 0 aliphatic carbocycles. The number of amides is 1. The van der Waals surface area contributed by atoms with Gasteiger partial charge < -0.3 is 14.7 Å². The largest absolute Gasteiger partial charge is 0.480 e. The molecule has 1 amide bonds. The third kappa shape index (κ3) is 3.42. The van der Waals surface area contributed by atoms with Gasteiger partial charge in [0.1, 0.15) is 5.82 Å². The van der Waals surface area contributed by atoms with Crippen molar-refractivity contribution in [3.8, 4) is 0 Å². The molecule has 1 aromatic rings. The van der Waals surface area contributed by atoms with Crippen LogP contribution in [-0.2, 0) is 14.3 Å². The molecule has 106 valence electrons. The van der Waals surface area contributed by atoms with Crippen LogP contribution < -0.4 is 0 Å². The summed E-state index contributed by atoms with van der Waals surface area (Å²) < 4.78 is 17.8. The summed E-state index contributed by atoms with van der Waals surface area (Å²) in [6.07, 6.45) is 2.81. The summed E-state index contributed by atoms with van der Waals surface area (Å²) in [6, 6.07) is 4.69. The van der Waals surface area contributed by atoms with Gasteiger partial charge in [-0.15, -0.1) is 0 Å². The van der Waals surface area contributed by atoms with E-state index in [1.54, 1.807) is 0 Å². The molecule has 0 spiro atoms. The highest BCUT2D eigenvalue weighted by Crippen LogP contribution is 2.10. The molecule has 1 aliphatic rings. The number of halogens is 1. The molecule has 1 heterocycles. The fraction of sp³-hybridized carbons (Fsp3) is 0.286. The molecule has 2 rings (SSSR count). The number of carboxylic acids is 1. The molecule has 0 radical (unpaired) electrons. The highest BCUT2D eigenvalue weighted by molar-refractivity contribution is 5.94. The first-order chi connectivity index (χ1) is 9.58. The average molecular weight is 279 g/mol. The molecule has 6 heteroatoms. The summed E-state index contributed by atoms with van der Waals surface area (Å²) >= 11 is 0. The lowest BCUT2D eigenvalue weighted by Crippen LogP contribution is -2.52. The van der Waals surface area contributed by atoms with Crippen LogP contribution in [0.4, 0.5) is 4.39 Å². The number of carboxylic acid groups (broad SMARTS) is 1. The van der Waals surface area contributed by atoms with Gasteiger partial charge in [0.2, 0.25) is 5.91 Å².